The maximum atomic E-state index is 11.2. The highest BCUT2D eigenvalue weighted by Crippen LogP contribution is 2.18. The van der Waals surface area contributed by atoms with Gasteiger partial charge in [-0.15, -0.1) is 0 Å². The lowest BCUT2D eigenvalue weighted by Gasteiger charge is -2.10. The van der Waals surface area contributed by atoms with Crippen LogP contribution in [0.3, 0.4) is 0 Å². The first-order valence-corrected chi connectivity index (χ1v) is 10.4. The molecule has 0 aliphatic carbocycles. The Morgan fingerprint density at radius 1 is 0.917 bits per heavy atom. The van der Waals surface area contributed by atoms with Crippen LogP contribution in [0.25, 0.3) is 0 Å². The third-order valence-corrected chi connectivity index (χ3v) is 4.48. The predicted molar refractivity (Wildman–Crippen MR) is 105 cm³/mol. The van der Waals surface area contributed by atoms with Gasteiger partial charge in [-0.05, 0) is 53.9 Å². The Labute approximate surface area is 148 Å². The van der Waals surface area contributed by atoms with Gasteiger partial charge in [-0.3, -0.25) is 4.72 Å². The van der Waals surface area contributed by atoms with Crippen molar-refractivity contribution in [1.82, 2.24) is 0 Å². The van der Waals surface area contributed by atoms with Crippen molar-refractivity contribution in [2.24, 2.45) is 0 Å². The van der Waals surface area contributed by atoms with Gasteiger partial charge in [-0.25, -0.2) is 8.42 Å². The van der Waals surface area contributed by atoms with E-state index in [0.717, 1.165) is 17.6 Å². The van der Waals surface area contributed by atoms with Gasteiger partial charge in [0.05, 0.1) is 6.26 Å². The Bertz CT molecular complexity index is 742. The first-order valence-electron chi connectivity index (χ1n) is 7.64. The summed E-state index contributed by atoms with van der Waals surface area (Å²) in [5.74, 6) is 0. The van der Waals surface area contributed by atoms with Crippen molar-refractivity contribution in [1.29, 1.82) is 0 Å². The minimum Gasteiger partial charge on any atom is -0.381 e. The molecular formula is C17H23N3O2S2. The Morgan fingerprint density at radius 2 is 1.46 bits per heavy atom. The Kier molecular flexibility index (Phi) is 6.39. The Hall–Kier alpha value is -1.86. The van der Waals surface area contributed by atoms with Crippen LogP contribution in [0.1, 0.15) is 19.4 Å². The van der Waals surface area contributed by atoms with Crippen molar-refractivity contribution in [3.63, 3.8) is 0 Å². The third-order valence-electron chi connectivity index (χ3n) is 3.05. The molecule has 0 aromatic heterocycles. The summed E-state index contributed by atoms with van der Waals surface area (Å²) in [5, 5.41) is 3.85. The fraction of sp³-hybridized carbons (Fsp3) is 0.294. The van der Waals surface area contributed by atoms with Crippen molar-refractivity contribution in [2.45, 2.75) is 25.6 Å². The van der Waals surface area contributed by atoms with Crippen LogP contribution in [0.15, 0.2) is 48.5 Å². The number of benzene rings is 2. The quantitative estimate of drug-likeness (QED) is 0.613. The number of nitrogens with one attached hydrogen (secondary N) is 3. The van der Waals surface area contributed by atoms with Crippen LogP contribution in [-0.4, -0.2) is 19.9 Å². The second kappa shape index (κ2) is 8.30. The average Bonchev–Trinajstić information content (AvgIpc) is 2.52. The van der Waals surface area contributed by atoms with E-state index in [4.69, 9.17) is 0 Å². The van der Waals surface area contributed by atoms with Crippen LogP contribution in [0.5, 0.6) is 0 Å². The zero-order valence-electron chi connectivity index (χ0n) is 14.0. The van der Waals surface area contributed by atoms with Crippen molar-refractivity contribution >= 4 is 39.0 Å². The van der Waals surface area contributed by atoms with Gasteiger partial charge in [0.2, 0.25) is 10.0 Å². The highest BCUT2D eigenvalue weighted by atomic mass is 32.2. The molecule has 130 valence electrons. The molecule has 2 rings (SSSR count). The van der Waals surface area contributed by atoms with Crippen molar-refractivity contribution < 1.29 is 8.42 Å². The van der Waals surface area contributed by atoms with Gasteiger partial charge < -0.3 is 10.0 Å². The van der Waals surface area contributed by atoms with Crippen molar-refractivity contribution in [2.75, 3.05) is 21.0 Å². The maximum Gasteiger partial charge on any atom is 0.229 e. The number of hydrogen-bond donors (Lipinski definition) is 3. The van der Waals surface area contributed by atoms with Crippen molar-refractivity contribution in [3.8, 4) is 0 Å². The summed E-state index contributed by atoms with van der Waals surface area (Å²) in [6, 6.07) is 15.5. The molecular weight excluding hydrogens is 342 g/mol. The topological polar surface area (TPSA) is 70.2 Å². The second-order valence-corrected chi connectivity index (χ2v) is 8.90. The lowest BCUT2D eigenvalue weighted by atomic mass is 10.2. The first kappa shape index (κ1) is 18.5. The summed E-state index contributed by atoms with van der Waals surface area (Å²) < 4.78 is 28.1. The highest BCUT2D eigenvalue weighted by molar-refractivity contribution is 8.01. The molecule has 0 unspecified atom stereocenters. The van der Waals surface area contributed by atoms with E-state index in [1.165, 1.54) is 5.56 Å². The van der Waals surface area contributed by atoms with Crippen molar-refractivity contribution in [3.05, 3.63) is 54.1 Å². The van der Waals surface area contributed by atoms with Gasteiger partial charge in [-0.2, -0.15) is 0 Å². The fourth-order valence-corrected chi connectivity index (χ4v) is 3.02. The Morgan fingerprint density at radius 3 is 2.00 bits per heavy atom. The summed E-state index contributed by atoms with van der Waals surface area (Å²) in [6.07, 6.45) is 1.14. The predicted octanol–water partition coefficient (Wildman–Crippen LogP) is 4.14. The minimum atomic E-state index is -3.24. The fourth-order valence-electron chi connectivity index (χ4n) is 1.95. The lowest BCUT2D eigenvalue weighted by molar-refractivity contribution is 0.607. The minimum absolute atomic E-state index is 0.534. The molecule has 0 fully saturated rings. The number of rotatable bonds is 8. The molecule has 2 aromatic carbocycles. The van der Waals surface area contributed by atoms with Gasteiger partial charge >= 0.3 is 0 Å². The van der Waals surface area contributed by atoms with Crippen LogP contribution in [0.2, 0.25) is 0 Å². The smallest absolute Gasteiger partial charge is 0.229 e. The zero-order valence-corrected chi connectivity index (χ0v) is 15.7. The van der Waals surface area contributed by atoms with Crippen LogP contribution in [0, 0.1) is 0 Å². The zero-order chi connectivity index (χ0) is 17.6. The summed E-state index contributed by atoms with van der Waals surface area (Å²) in [4.78, 5) is 0. The summed E-state index contributed by atoms with van der Waals surface area (Å²) in [6.45, 7) is 5.00. The molecule has 0 heterocycles. The second-order valence-electron chi connectivity index (χ2n) is 5.77. The molecule has 0 saturated carbocycles. The van der Waals surface area contributed by atoms with Crippen LogP contribution in [0.4, 0.5) is 17.1 Å². The molecule has 5 nitrogen and oxygen atoms in total. The summed E-state index contributed by atoms with van der Waals surface area (Å²) in [5.41, 5.74) is 3.76. The Balaban J connectivity index is 1.86. The molecule has 0 amide bonds. The van der Waals surface area contributed by atoms with Gasteiger partial charge in [0.1, 0.15) is 0 Å². The molecule has 0 saturated heterocycles. The molecule has 24 heavy (non-hydrogen) atoms. The molecule has 2 aromatic rings. The van der Waals surface area contributed by atoms with Gasteiger partial charge in [0, 0.05) is 28.9 Å². The number of anilines is 3. The van der Waals surface area contributed by atoms with E-state index in [9.17, 15) is 8.42 Å². The lowest BCUT2D eigenvalue weighted by Crippen LogP contribution is -2.09. The molecule has 7 heteroatoms. The molecule has 0 spiro atoms. The number of sulfonamides is 1. The molecule has 0 atom stereocenters. The van der Waals surface area contributed by atoms with Crippen LogP contribution >= 0.6 is 11.9 Å². The standard InChI is InChI=1S/C17H23N3O2S2/c1-13(2)23-19-16-6-4-14(5-7-16)12-18-15-8-10-17(11-9-15)20-24(3,21)22/h4-11,13,18-20H,12H2,1-3H3. The molecule has 0 radical (unpaired) electrons. The van der Waals surface area contributed by atoms with E-state index in [1.54, 1.807) is 24.1 Å². The molecule has 0 bridgehead atoms. The van der Waals surface area contributed by atoms with Gasteiger partial charge in [0.25, 0.3) is 0 Å². The first-order chi connectivity index (χ1) is 11.3. The highest BCUT2D eigenvalue weighted by Gasteiger charge is 2.02. The molecule has 0 aliphatic heterocycles. The van der Waals surface area contributed by atoms with E-state index in [-0.39, 0.29) is 0 Å². The van der Waals surface area contributed by atoms with E-state index in [1.807, 2.05) is 12.1 Å². The summed E-state index contributed by atoms with van der Waals surface area (Å²) >= 11 is 1.69. The average molecular weight is 366 g/mol. The summed E-state index contributed by atoms with van der Waals surface area (Å²) in [7, 11) is -3.24. The monoisotopic (exact) mass is 365 g/mol. The van der Waals surface area contributed by atoms with Gasteiger partial charge in [-0.1, -0.05) is 26.0 Å². The van der Waals surface area contributed by atoms with E-state index >= 15 is 0 Å². The molecule has 3 N–H and O–H groups in total. The van der Waals surface area contributed by atoms with E-state index < -0.39 is 10.0 Å². The SMILES string of the molecule is CC(C)SNc1ccc(CNc2ccc(NS(C)(=O)=O)cc2)cc1. The normalized spacial score (nSPS) is 11.3. The van der Waals surface area contributed by atoms with E-state index in [2.05, 4.69) is 52.9 Å². The third kappa shape index (κ3) is 6.72. The maximum absolute atomic E-state index is 11.2. The van der Waals surface area contributed by atoms with Crippen LogP contribution < -0.4 is 14.8 Å². The molecule has 0 aliphatic rings. The van der Waals surface area contributed by atoms with Gasteiger partial charge in [0.15, 0.2) is 0 Å². The number of hydrogen-bond acceptors (Lipinski definition) is 5. The van der Waals surface area contributed by atoms with E-state index in [0.29, 0.717) is 17.5 Å². The largest absolute Gasteiger partial charge is 0.381 e. The van der Waals surface area contributed by atoms with Crippen LogP contribution in [-0.2, 0) is 16.6 Å².